The predicted molar refractivity (Wildman–Crippen MR) is 67.9 cm³/mol. The van der Waals surface area contributed by atoms with Crippen LogP contribution < -0.4 is 0 Å². The van der Waals surface area contributed by atoms with Crippen LogP contribution >= 0.6 is 11.6 Å². The van der Waals surface area contributed by atoms with Gasteiger partial charge in [-0.1, -0.05) is 29.8 Å². The summed E-state index contributed by atoms with van der Waals surface area (Å²) in [5, 5.41) is 11.0. The van der Waals surface area contributed by atoms with Gasteiger partial charge in [0.2, 0.25) is 11.6 Å². The predicted octanol–water partition coefficient (Wildman–Crippen LogP) is 3.62. The third kappa shape index (κ3) is 2.46. The van der Waals surface area contributed by atoms with Crippen LogP contribution in [-0.4, -0.2) is 10.7 Å². The van der Waals surface area contributed by atoms with Crippen LogP contribution in [0.15, 0.2) is 42.5 Å². The molecule has 2 aromatic rings. The number of hydrogen-bond acceptors (Lipinski definition) is 3. The van der Waals surface area contributed by atoms with E-state index in [0.717, 1.165) is 6.07 Å². The van der Waals surface area contributed by atoms with E-state index >= 15 is 0 Å². The second-order valence-corrected chi connectivity index (χ2v) is 4.11. The van der Waals surface area contributed by atoms with Crippen molar-refractivity contribution in [2.45, 2.75) is 0 Å². The molecule has 0 spiro atoms. The van der Waals surface area contributed by atoms with E-state index in [1.807, 2.05) is 0 Å². The molecule has 96 valence electrons. The zero-order valence-electron chi connectivity index (χ0n) is 9.47. The van der Waals surface area contributed by atoms with Crippen LogP contribution in [0.25, 0.3) is 0 Å². The van der Waals surface area contributed by atoms with E-state index in [4.69, 9.17) is 11.6 Å². The summed E-state index contributed by atoms with van der Waals surface area (Å²) in [6.45, 7) is 0. The second-order valence-electron chi connectivity index (χ2n) is 3.70. The number of halogens is 2. The number of carbonyl (C=O) groups is 1. The molecule has 0 heterocycles. The molecule has 0 N–H and O–H groups in total. The van der Waals surface area contributed by atoms with Gasteiger partial charge in [0, 0.05) is 5.56 Å². The van der Waals surface area contributed by atoms with Gasteiger partial charge in [-0.3, -0.25) is 14.9 Å². The fraction of sp³-hybridized carbons (Fsp3) is 0. The molecule has 0 aliphatic heterocycles. The van der Waals surface area contributed by atoms with Crippen LogP contribution in [0.2, 0.25) is 5.02 Å². The lowest BCUT2D eigenvalue weighted by molar-refractivity contribution is -0.387. The van der Waals surface area contributed by atoms with Crippen LogP contribution in [0.1, 0.15) is 15.9 Å². The normalized spacial score (nSPS) is 10.2. The summed E-state index contributed by atoms with van der Waals surface area (Å²) in [5.41, 5.74) is -1.07. The van der Waals surface area contributed by atoms with Crippen molar-refractivity contribution >= 4 is 23.1 Å². The van der Waals surface area contributed by atoms with Crippen LogP contribution in [0.5, 0.6) is 0 Å². The monoisotopic (exact) mass is 279 g/mol. The van der Waals surface area contributed by atoms with Gasteiger partial charge < -0.3 is 0 Å². The number of para-hydroxylation sites is 1. The number of hydrogen-bond donors (Lipinski definition) is 0. The molecule has 0 radical (unpaired) electrons. The number of carbonyl (C=O) groups excluding carboxylic acids is 1. The Hall–Kier alpha value is -2.27. The van der Waals surface area contributed by atoms with E-state index in [9.17, 15) is 19.3 Å². The Morgan fingerprint density at radius 2 is 1.74 bits per heavy atom. The van der Waals surface area contributed by atoms with E-state index in [1.165, 1.54) is 24.3 Å². The van der Waals surface area contributed by atoms with Crippen molar-refractivity contribution in [1.82, 2.24) is 0 Å². The zero-order chi connectivity index (χ0) is 14.0. The lowest BCUT2D eigenvalue weighted by Gasteiger charge is -2.04. The minimum atomic E-state index is -1.05. The van der Waals surface area contributed by atoms with E-state index in [0.29, 0.717) is 0 Å². The van der Waals surface area contributed by atoms with Gasteiger partial charge in [0.25, 0.3) is 0 Å². The summed E-state index contributed by atoms with van der Waals surface area (Å²) in [6, 6.07) is 9.49. The maximum Gasteiger partial charge on any atom is 0.315 e. The molecule has 4 nitrogen and oxygen atoms in total. The fourth-order valence-electron chi connectivity index (χ4n) is 1.67. The number of nitro groups is 1. The number of ketones is 1. The summed E-state index contributed by atoms with van der Waals surface area (Å²) in [5.74, 6) is -1.74. The Bertz CT molecular complexity index is 673. The largest absolute Gasteiger partial charge is 0.315 e. The van der Waals surface area contributed by atoms with Gasteiger partial charge >= 0.3 is 5.69 Å². The first kappa shape index (κ1) is 13.2. The molecule has 0 unspecified atom stereocenters. The molecule has 0 bridgehead atoms. The first-order valence-electron chi connectivity index (χ1n) is 5.24. The van der Waals surface area contributed by atoms with Crippen LogP contribution in [0.3, 0.4) is 0 Å². The Kier molecular flexibility index (Phi) is 3.57. The Morgan fingerprint density at radius 3 is 2.37 bits per heavy atom. The second kappa shape index (κ2) is 5.16. The Morgan fingerprint density at radius 1 is 1.11 bits per heavy atom. The molecule has 0 saturated carbocycles. The molecule has 0 aliphatic rings. The lowest BCUT2D eigenvalue weighted by atomic mass is 10.0. The molecule has 6 heteroatoms. The topological polar surface area (TPSA) is 60.2 Å². The third-order valence-corrected chi connectivity index (χ3v) is 2.86. The van der Waals surface area contributed by atoms with E-state index in [1.54, 1.807) is 12.1 Å². The highest BCUT2D eigenvalue weighted by molar-refractivity contribution is 6.35. The number of nitro benzene ring substituents is 1. The van der Waals surface area contributed by atoms with Crippen LogP contribution in [0, 0.1) is 15.9 Å². The van der Waals surface area contributed by atoms with Gasteiger partial charge in [-0.15, -0.1) is 0 Å². The standard InChI is InChI=1S/C13H7ClFNO3/c14-10-6-2-1-4-8(10)13(17)9-5-3-7-11(15)12(9)16(18)19/h1-7H. The minimum absolute atomic E-state index is 0.0952. The summed E-state index contributed by atoms with van der Waals surface area (Å²) >= 11 is 5.86. The smallest absolute Gasteiger partial charge is 0.288 e. The fourth-order valence-corrected chi connectivity index (χ4v) is 1.90. The van der Waals surface area contributed by atoms with Crippen LogP contribution in [0.4, 0.5) is 10.1 Å². The average molecular weight is 280 g/mol. The highest BCUT2D eigenvalue weighted by atomic mass is 35.5. The first-order valence-corrected chi connectivity index (χ1v) is 5.62. The molecule has 0 atom stereocenters. The minimum Gasteiger partial charge on any atom is -0.288 e. The molecule has 19 heavy (non-hydrogen) atoms. The van der Waals surface area contributed by atoms with Crippen molar-refractivity contribution in [1.29, 1.82) is 0 Å². The van der Waals surface area contributed by atoms with E-state index in [2.05, 4.69) is 0 Å². The molecule has 0 aromatic heterocycles. The van der Waals surface area contributed by atoms with Crippen molar-refractivity contribution in [2.24, 2.45) is 0 Å². The van der Waals surface area contributed by atoms with Gasteiger partial charge in [-0.25, -0.2) is 0 Å². The number of benzene rings is 2. The van der Waals surface area contributed by atoms with Gasteiger partial charge in [0.1, 0.15) is 5.56 Å². The molecule has 0 saturated heterocycles. The quantitative estimate of drug-likeness (QED) is 0.490. The van der Waals surface area contributed by atoms with Crippen molar-refractivity contribution in [3.05, 3.63) is 74.5 Å². The summed E-state index contributed by atoms with van der Waals surface area (Å²) in [4.78, 5) is 22.1. The number of rotatable bonds is 3. The Balaban J connectivity index is 2.60. The third-order valence-electron chi connectivity index (χ3n) is 2.53. The molecule has 0 amide bonds. The maximum absolute atomic E-state index is 13.5. The molecular formula is C13H7ClFNO3. The molecular weight excluding hydrogens is 273 g/mol. The highest BCUT2D eigenvalue weighted by Gasteiger charge is 2.26. The van der Waals surface area contributed by atoms with Crippen molar-refractivity contribution in [2.75, 3.05) is 0 Å². The summed E-state index contributed by atoms with van der Waals surface area (Å²) < 4.78 is 13.5. The van der Waals surface area contributed by atoms with Gasteiger partial charge in [-0.05, 0) is 24.3 Å². The van der Waals surface area contributed by atoms with Crippen molar-refractivity contribution in [3.8, 4) is 0 Å². The van der Waals surface area contributed by atoms with Crippen molar-refractivity contribution in [3.63, 3.8) is 0 Å². The van der Waals surface area contributed by atoms with Crippen LogP contribution in [-0.2, 0) is 0 Å². The SMILES string of the molecule is O=C(c1ccccc1Cl)c1cccc(F)c1[N+](=O)[O-]. The lowest BCUT2D eigenvalue weighted by Crippen LogP contribution is -2.07. The highest BCUT2D eigenvalue weighted by Crippen LogP contribution is 2.27. The van der Waals surface area contributed by atoms with Gasteiger partial charge in [0.05, 0.1) is 9.95 Å². The van der Waals surface area contributed by atoms with Gasteiger partial charge in [-0.2, -0.15) is 4.39 Å². The molecule has 0 aliphatic carbocycles. The average Bonchev–Trinajstić information content (AvgIpc) is 2.37. The van der Waals surface area contributed by atoms with Gasteiger partial charge in [0.15, 0.2) is 0 Å². The van der Waals surface area contributed by atoms with Crippen molar-refractivity contribution < 1.29 is 14.1 Å². The first-order chi connectivity index (χ1) is 9.02. The molecule has 2 aromatic carbocycles. The maximum atomic E-state index is 13.5. The molecule has 2 rings (SSSR count). The Labute approximate surface area is 112 Å². The van der Waals surface area contributed by atoms with E-state index < -0.39 is 22.2 Å². The molecule has 0 fully saturated rings. The van der Waals surface area contributed by atoms with E-state index in [-0.39, 0.29) is 16.1 Å². The summed E-state index contributed by atoms with van der Waals surface area (Å²) in [6.07, 6.45) is 0. The number of nitrogens with zero attached hydrogens (tertiary/aromatic N) is 1. The summed E-state index contributed by atoms with van der Waals surface area (Å²) in [7, 11) is 0. The zero-order valence-corrected chi connectivity index (χ0v) is 10.2.